The molecular formula is C43H24N2. The summed E-state index contributed by atoms with van der Waals surface area (Å²) in [6, 6.07) is 51.3. The molecule has 206 valence electrons. The van der Waals surface area contributed by atoms with E-state index in [2.05, 4.69) is 121 Å². The van der Waals surface area contributed by atoms with Crippen molar-refractivity contribution >= 4 is 21.8 Å². The number of nitrogens with zero attached hydrogens (tertiary/aromatic N) is 2. The fourth-order valence-electron chi connectivity index (χ4n) is 8.85. The van der Waals surface area contributed by atoms with Gasteiger partial charge in [0.05, 0.1) is 28.3 Å². The van der Waals surface area contributed by atoms with Gasteiger partial charge in [0.1, 0.15) is 0 Å². The summed E-state index contributed by atoms with van der Waals surface area (Å²) >= 11 is 0. The van der Waals surface area contributed by atoms with Crippen molar-refractivity contribution in [3.05, 3.63) is 168 Å². The first-order valence-corrected chi connectivity index (χ1v) is 15.6. The number of hydrogen-bond donors (Lipinski definition) is 0. The van der Waals surface area contributed by atoms with Gasteiger partial charge in [-0.25, -0.2) is 4.98 Å². The molecule has 0 bridgehead atoms. The van der Waals surface area contributed by atoms with Crippen LogP contribution in [0.1, 0.15) is 22.3 Å². The van der Waals surface area contributed by atoms with Crippen LogP contribution in [-0.2, 0) is 5.41 Å². The van der Waals surface area contributed by atoms with Crippen LogP contribution in [0.3, 0.4) is 0 Å². The Morgan fingerprint density at radius 2 is 0.978 bits per heavy atom. The molecule has 1 aromatic heterocycles. The largest absolute Gasteiger partial charge is 0.252 e. The molecule has 1 heterocycles. The zero-order valence-electron chi connectivity index (χ0n) is 24.3. The van der Waals surface area contributed by atoms with E-state index in [1.807, 2.05) is 24.4 Å². The van der Waals surface area contributed by atoms with Crippen LogP contribution in [0.25, 0.3) is 77.6 Å². The molecule has 2 heteroatoms. The molecule has 0 N–H and O–H groups in total. The van der Waals surface area contributed by atoms with Crippen molar-refractivity contribution in [1.82, 2.24) is 9.97 Å². The van der Waals surface area contributed by atoms with Gasteiger partial charge in [0.2, 0.25) is 0 Å². The Balaban J connectivity index is 1.38. The van der Waals surface area contributed by atoms with Gasteiger partial charge < -0.3 is 0 Å². The van der Waals surface area contributed by atoms with Crippen LogP contribution < -0.4 is 0 Å². The first-order valence-electron chi connectivity index (χ1n) is 15.6. The van der Waals surface area contributed by atoms with E-state index in [4.69, 9.17) is 9.97 Å². The summed E-state index contributed by atoms with van der Waals surface area (Å²) in [5, 5.41) is 2.59. The Hall–Kier alpha value is -5.86. The van der Waals surface area contributed by atoms with E-state index in [1.165, 1.54) is 83.1 Å². The molecule has 0 saturated carbocycles. The summed E-state index contributed by atoms with van der Waals surface area (Å²) in [5.41, 5.74) is 19.1. The minimum Gasteiger partial charge on any atom is -0.252 e. The number of aromatic nitrogens is 2. The zero-order chi connectivity index (χ0) is 29.3. The second-order valence-corrected chi connectivity index (χ2v) is 12.4. The maximum atomic E-state index is 5.34. The van der Waals surface area contributed by atoms with Gasteiger partial charge >= 0.3 is 0 Å². The summed E-state index contributed by atoms with van der Waals surface area (Å²) in [6.45, 7) is 0. The van der Waals surface area contributed by atoms with Gasteiger partial charge in [-0.3, -0.25) is 4.98 Å². The quantitative estimate of drug-likeness (QED) is 0.197. The van der Waals surface area contributed by atoms with Crippen LogP contribution in [-0.4, -0.2) is 9.97 Å². The molecule has 0 aliphatic heterocycles. The van der Waals surface area contributed by atoms with Gasteiger partial charge in [0, 0.05) is 11.1 Å². The minimum atomic E-state index is -0.435. The van der Waals surface area contributed by atoms with Crippen LogP contribution in [0.15, 0.2) is 146 Å². The van der Waals surface area contributed by atoms with Crippen LogP contribution in [0.2, 0.25) is 0 Å². The molecule has 0 amide bonds. The highest BCUT2D eigenvalue weighted by atomic mass is 14.8. The summed E-state index contributed by atoms with van der Waals surface area (Å²) < 4.78 is 0. The van der Waals surface area contributed by atoms with Crippen LogP contribution in [0, 0.1) is 0 Å². The molecule has 0 unspecified atom stereocenters. The van der Waals surface area contributed by atoms with Gasteiger partial charge in [0.15, 0.2) is 0 Å². The fourth-order valence-corrected chi connectivity index (χ4v) is 8.85. The molecule has 11 rings (SSSR count). The molecule has 7 aromatic carbocycles. The molecule has 0 saturated heterocycles. The zero-order valence-corrected chi connectivity index (χ0v) is 24.3. The lowest BCUT2D eigenvalue weighted by Gasteiger charge is -2.31. The van der Waals surface area contributed by atoms with Crippen LogP contribution >= 0.6 is 0 Å². The van der Waals surface area contributed by atoms with Crippen molar-refractivity contribution < 1.29 is 0 Å². The lowest BCUT2D eigenvalue weighted by Crippen LogP contribution is -2.26. The maximum Gasteiger partial charge on any atom is 0.0905 e. The van der Waals surface area contributed by atoms with E-state index >= 15 is 0 Å². The number of fused-ring (bicyclic) bond motifs is 14. The lowest BCUT2D eigenvalue weighted by molar-refractivity contribution is 0.794. The SMILES string of the molecule is c1ccc2c(c1)-c1ccccc1C21c2ccccc2-c2c1cc1c(c2-c2cnc3ccccc3n2)-c2cccc3cccc-1c23. The van der Waals surface area contributed by atoms with E-state index in [9.17, 15) is 0 Å². The number of para-hydroxylation sites is 2. The fraction of sp³-hybridized carbons (Fsp3) is 0.0233. The van der Waals surface area contributed by atoms with Crippen molar-refractivity contribution in [2.45, 2.75) is 5.41 Å². The number of hydrogen-bond acceptors (Lipinski definition) is 2. The highest BCUT2D eigenvalue weighted by Crippen LogP contribution is 2.66. The van der Waals surface area contributed by atoms with Crippen molar-refractivity contribution in [3.8, 4) is 55.8 Å². The molecule has 0 radical (unpaired) electrons. The molecule has 2 nitrogen and oxygen atoms in total. The van der Waals surface area contributed by atoms with Crippen LogP contribution in [0.5, 0.6) is 0 Å². The summed E-state index contributed by atoms with van der Waals surface area (Å²) in [5.74, 6) is 0. The average Bonchev–Trinajstić information content (AvgIpc) is 3.70. The second kappa shape index (κ2) is 8.19. The van der Waals surface area contributed by atoms with E-state index in [-0.39, 0.29) is 0 Å². The predicted octanol–water partition coefficient (Wildman–Crippen LogP) is 10.4. The van der Waals surface area contributed by atoms with Gasteiger partial charge in [-0.15, -0.1) is 0 Å². The second-order valence-electron chi connectivity index (χ2n) is 12.4. The highest BCUT2D eigenvalue weighted by Gasteiger charge is 2.53. The first-order chi connectivity index (χ1) is 22.3. The number of rotatable bonds is 1. The monoisotopic (exact) mass is 568 g/mol. The predicted molar refractivity (Wildman–Crippen MR) is 183 cm³/mol. The standard InChI is InChI=1S/C43H24N2/c1-4-18-32-26(13-1)27-14-2-5-19-33(27)43(32)34-20-6-3-15-29(34)41-35(43)23-31-28-16-9-11-25-12-10-17-30(39(25)28)40(31)42(41)38-24-44-36-21-7-8-22-37(36)45-38/h1-24H. The topological polar surface area (TPSA) is 25.8 Å². The van der Waals surface area contributed by atoms with Gasteiger partial charge in [-0.1, -0.05) is 121 Å². The minimum absolute atomic E-state index is 0.435. The molecular weight excluding hydrogens is 544 g/mol. The highest BCUT2D eigenvalue weighted by molar-refractivity contribution is 6.21. The Bertz CT molecular complexity index is 2560. The first kappa shape index (κ1) is 23.6. The van der Waals surface area contributed by atoms with Gasteiger partial charge in [-0.2, -0.15) is 0 Å². The number of benzene rings is 7. The molecule has 3 aliphatic carbocycles. The smallest absolute Gasteiger partial charge is 0.0905 e. The Kier molecular flexibility index (Phi) is 4.29. The average molecular weight is 569 g/mol. The van der Waals surface area contributed by atoms with E-state index < -0.39 is 5.41 Å². The van der Waals surface area contributed by atoms with Crippen molar-refractivity contribution in [3.63, 3.8) is 0 Å². The van der Waals surface area contributed by atoms with E-state index in [0.29, 0.717) is 0 Å². The van der Waals surface area contributed by atoms with E-state index in [1.54, 1.807) is 0 Å². The third-order valence-electron chi connectivity index (χ3n) is 10.5. The summed E-state index contributed by atoms with van der Waals surface area (Å²) in [7, 11) is 0. The molecule has 45 heavy (non-hydrogen) atoms. The van der Waals surface area contributed by atoms with Crippen LogP contribution in [0.4, 0.5) is 0 Å². The third kappa shape index (κ3) is 2.73. The van der Waals surface area contributed by atoms with E-state index in [0.717, 1.165) is 16.7 Å². The Morgan fingerprint density at radius 3 is 1.71 bits per heavy atom. The molecule has 3 aliphatic rings. The summed E-state index contributed by atoms with van der Waals surface area (Å²) in [6.07, 6.45) is 1.99. The molecule has 0 atom stereocenters. The van der Waals surface area contributed by atoms with Gasteiger partial charge in [-0.05, 0) is 90.2 Å². The third-order valence-corrected chi connectivity index (χ3v) is 10.5. The van der Waals surface area contributed by atoms with Crippen molar-refractivity contribution in [2.75, 3.05) is 0 Å². The molecule has 1 spiro atoms. The normalized spacial score (nSPS) is 14.0. The summed E-state index contributed by atoms with van der Waals surface area (Å²) in [4.78, 5) is 10.3. The molecule has 0 fully saturated rings. The lowest BCUT2D eigenvalue weighted by atomic mass is 9.70. The molecule has 8 aromatic rings. The van der Waals surface area contributed by atoms with Crippen molar-refractivity contribution in [1.29, 1.82) is 0 Å². The Labute approximate surface area is 260 Å². The van der Waals surface area contributed by atoms with Gasteiger partial charge in [0.25, 0.3) is 0 Å². The van der Waals surface area contributed by atoms with Crippen molar-refractivity contribution in [2.24, 2.45) is 0 Å². The maximum absolute atomic E-state index is 5.34. The Morgan fingerprint density at radius 1 is 0.400 bits per heavy atom.